The van der Waals surface area contributed by atoms with E-state index in [1.807, 2.05) is 12.1 Å². The second kappa shape index (κ2) is 9.33. The van der Waals surface area contributed by atoms with E-state index in [2.05, 4.69) is 32.1 Å². The summed E-state index contributed by atoms with van der Waals surface area (Å²) >= 11 is 0. The van der Waals surface area contributed by atoms with E-state index in [1.165, 1.54) is 5.56 Å². The van der Waals surface area contributed by atoms with Crippen LogP contribution in [0.5, 0.6) is 0 Å². The molecule has 1 aliphatic heterocycles. The molecule has 8 heteroatoms. The number of halogens is 1. The Hall–Kier alpha value is -1.65. The number of benzene rings is 2. The van der Waals surface area contributed by atoms with Gasteiger partial charge in [-0.15, -0.1) is 24.0 Å². The number of guanidine groups is 1. The van der Waals surface area contributed by atoms with Gasteiger partial charge in [-0.25, -0.2) is 13.1 Å². The molecule has 0 fully saturated rings. The lowest BCUT2D eigenvalue weighted by Gasteiger charge is -2.22. The Labute approximate surface area is 171 Å². The van der Waals surface area contributed by atoms with Crippen LogP contribution in [0, 0.1) is 0 Å². The SMILES string of the molecule is CN=C(NCCNS(=O)(=O)c1ccccc1)N1CCc2ccccc21.I. The van der Waals surface area contributed by atoms with Crippen LogP contribution in [0.4, 0.5) is 5.69 Å². The van der Waals surface area contributed by atoms with Gasteiger partial charge in [-0.2, -0.15) is 0 Å². The van der Waals surface area contributed by atoms with Gasteiger partial charge in [-0.1, -0.05) is 36.4 Å². The van der Waals surface area contributed by atoms with Crippen molar-refractivity contribution >= 4 is 45.6 Å². The van der Waals surface area contributed by atoms with Crippen molar-refractivity contribution in [3.05, 3.63) is 60.2 Å². The van der Waals surface area contributed by atoms with Gasteiger partial charge in [0.2, 0.25) is 10.0 Å². The van der Waals surface area contributed by atoms with Gasteiger partial charge < -0.3 is 10.2 Å². The molecule has 1 aliphatic rings. The molecule has 2 N–H and O–H groups in total. The van der Waals surface area contributed by atoms with Crippen molar-refractivity contribution in [2.75, 3.05) is 31.6 Å². The molecule has 0 unspecified atom stereocenters. The molecule has 0 saturated carbocycles. The van der Waals surface area contributed by atoms with E-state index in [0.29, 0.717) is 6.54 Å². The molecule has 0 atom stereocenters. The van der Waals surface area contributed by atoms with Gasteiger partial charge >= 0.3 is 0 Å². The number of sulfonamides is 1. The van der Waals surface area contributed by atoms with E-state index in [-0.39, 0.29) is 35.4 Å². The highest BCUT2D eigenvalue weighted by atomic mass is 127. The summed E-state index contributed by atoms with van der Waals surface area (Å²) in [7, 11) is -1.74. The van der Waals surface area contributed by atoms with E-state index in [9.17, 15) is 8.42 Å². The Bertz CT molecular complexity index is 857. The van der Waals surface area contributed by atoms with Gasteiger partial charge in [0.05, 0.1) is 4.90 Å². The number of anilines is 1. The van der Waals surface area contributed by atoms with Gasteiger partial charge in [-0.3, -0.25) is 4.99 Å². The molecular formula is C18H23IN4O2S. The van der Waals surface area contributed by atoms with E-state index < -0.39 is 10.0 Å². The van der Waals surface area contributed by atoms with Crippen LogP contribution in [0.15, 0.2) is 64.5 Å². The number of nitrogens with one attached hydrogen (secondary N) is 2. The summed E-state index contributed by atoms with van der Waals surface area (Å²) < 4.78 is 27.0. The first-order chi connectivity index (χ1) is 12.1. The van der Waals surface area contributed by atoms with Crippen molar-refractivity contribution in [2.45, 2.75) is 11.3 Å². The molecule has 3 rings (SSSR count). The van der Waals surface area contributed by atoms with E-state index >= 15 is 0 Å². The quantitative estimate of drug-likeness (QED) is 0.294. The third-order valence-electron chi connectivity index (χ3n) is 4.11. The standard InChI is InChI=1S/C18H22N4O2S.HI/c1-19-18(22-14-11-15-7-5-6-10-17(15)22)20-12-13-21-25(23,24)16-8-3-2-4-9-16;/h2-10,21H,11-14H2,1H3,(H,19,20);1H. The zero-order valence-electron chi connectivity index (χ0n) is 14.6. The Balaban J connectivity index is 0.00000243. The van der Waals surface area contributed by atoms with Crippen LogP contribution in [0.2, 0.25) is 0 Å². The first kappa shape index (κ1) is 20.7. The van der Waals surface area contributed by atoms with Crippen LogP contribution in [0.25, 0.3) is 0 Å². The van der Waals surface area contributed by atoms with Gasteiger partial charge in [0, 0.05) is 32.4 Å². The highest BCUT2D eigenvalue weighted by Crippen LogP contribution is 2.27. The maximum atomic E-state index is 12.2. The summed E-state index contributed by atoms with van der Waals surface area (Å²) in [4.78, 5) is 6.71. The van der Waals surface area contributed by atoms with Gasteiger partial charge in [0.1, 0.15) is 0 Å². The molecular weight excluding hydrogens is 463 g/mol. The highest BCUT2D eigenvalue weighted by Gasteiger charge is 2.22. The predicted molar refractivity (Wildman–Crippen MR) is 116 cm³/mol. The fourth-order valence-corrected chi connectivity index (χ4v) is 3.95. The fourth-order valence-electron chi connectivity index (χ4n) is 2.90. The third-order valence-corrected chi connectivity index (χ3v) is 5.59. The minimum absolute atomic E-state index is 0. The molecule has 2 aromatic carbocycles. The number of rotatable bonds is 5. The molecule has 6 nitrogen and oxygen atoms in total. The Morgan fingerprint density at radius 3 is 2.50 bits per heavy atom. The van der Waals surface area contributed by atoms with Gasteiger partial charge in [-0.05, 0) is 30.2 Å². The van der Waals surface area contributed by atoms with Crippen molar-refractivity contribution in [2.24, 2.45) is 4.99 Å². The second-order valence-electron chi connectivity index (χ2n) is 5.72. The minimum atomic E-state index is -3.48. The van der Waals surface area contributed by atoms with Crippen LogP contribution in [0.1, 0.15) is 5.56 Å². The van der Waals surface area contributed by atoms with Gasteiger partial charge in [0.15, 0.2) is 5.96 Å². The van der Waals surface area contributed by atoms with Crippen LogP contribution < -0.4 is 14.9 Å². The molecule has 0 spiro atoms. The number of para-hydroxylation sites is 1. The zero-order valence-corrected chi connectivity index (χ0v) is 17.7. The maximum Gasteiger partial charge on any atom is 0.240 e. The lowest BCUT2D eigenvalue weighted by molar-refractivity contribution is 0.580. The summed E-state index contributed by atoms with van der Waals surface area (Å²) in [6, 6.07) is 16.6. The lowest BCUT2D eigenvalue weighted by atomic mass is 10.2. The van der Waals surface area contributed by atoms with Crippen molar-refractivity contribution in [1.29, 1.82) is 0 Å². The molecule has 1 heterocycles. The number of aliphatic imine (C=N–C) groups is 1. The van der Waals surface area contributed by atoms with E-state index in [0.717, 1.165) is 24.6 Å². The first-order valence-corrected chi connectivity index (χ1v) is 9.71. The Morgan fingerprint density at radius 1 is 1.08 bits per heavy atom. The van der Waals surface area contributed by atoms with Crippen LogP contribution >= 0.6 is 24.0 Å². The molecule has 2 aromatic rings. The molecule has 0 bridgehead atoms. The highest BCUT2D eigenvalue weighted by molar-refractivity contribution is 14.0. The van der Waals surface area contributed by atoms with Crippen LogP contribution in [-0.2, 0) is 16.4 Å². The number of hydrogen-bond acceptors (Lipinski definition) is 3. The van der Waals surface area contributed by atoms with Crippen molar-refractivity contribution in [3.63, 3.8) is 0 Å². The number of nitrogens with zero attached hydrogens (tertiary/aromatic N) is 2. The second-order valence-corrected chi connectivity index (χ2v) is 7.48. The minimum Gasteiger partial charge on any atom is -0.355 e. The van der Waals surface area contributed by atoms with Crippen molar-refractivity contribution < 1.29 is 8.42 Å². The summed E-state index contributed by atoms with van der Waals surface area (Å²) in [5, 5.41) is 3.23. The molecule has 140 valence electrons. The smallest absolute Gasteiger partial charge is 0.240 e. The summed E-state index contributed by atoms with van der Waals surface area (Å²) in [6.45, 7) is 1.61. The molecule has 0 aromatic heterocycles. The first-order valence-electron chi connectivity index (χ1n) is 8.22. The van der Waals surface area contributed by atoms with Crippen molar-refractivity contribution in [1.82, 2.24) is 10.0 Å². The van der Waals surface area contributed by atoms with Crippen LogP contribution in [-0.4, -0.2) is 41.1 Å². The van der Waals surface area contributed by atoms with Gasteiger partial charge in [0.25, 0.3) is 0 Å². The van der Waals surface area contributed by atoms with E-state index in [1.54, 1.807) is 37.4 Å². The topological polar surface area (TPSA) is 73.8 Å². The predicted octanol–water partition coefficient (Wildman–Crippen LogP) is 2.22. The summed E-state index contributed by atoms with van der Waals surface area (Å²) in [5.74, 6) is 0.754. The summed E-state index contributed by atoms with van der Waals surface area (Å²) in [5.41, 5.74) is 2.45. The largest absolute Gasteiger partial charge is 0.355 e. The lowest BCUT2D eigenvalue weighted by Crippen LogP contribution is -2.43. The molecule has 0 saturated heterocycles. The third kappa shape index (κ3) is 4.74. The molecule has 0 radical (unpaired) electrons. The summed E-state index contributed by atoms with van der Waals surface area (Å²) in [6.07, 6.45) is 0.984. The van der Waals surface area contributed by atoms with E-state index in [4.69, 9.17) is 0 Å². The van der Waals surface area contributed by atoms with Crippen LogP contribution in [0.3, 0.4) is 0 Å². The number of fused-ring (bicyclic) bond motifs is 1. The Kier molecular flexibility index (Phi) is 7.42. The average Bonchev–Trinajstić information content (AvgIpc) is 3.07. The maximum absolute atomic E-state index is 12.2. The average molecular weight is 486 g/mol. The molecule has 0 aliphatic carbocycles. The number of hydrogen-bond donors (Lipinski definition) is 2. The van der Waals surface area contributed by atoms with Crippen molar-refractivity contribution in [3.8, 4) is 0 Å². The molecule has 26 heavy (non-hydrogen) atoms. The normalized spacial score (nSPS) is 13.9. The Morgan fingerprint density at radius 2 is 1.77 bits per heavy atom. The fraction of sp³-hybridized carbons (Fsp3) is 0.278. The zero-order chi connectivity index (χ0) is 17.7. The monoisotopic (exact) mass is 486 g/mol. The molecule has 0 amide bonds.